The average molecular weight is 264 g/mol. The van der Waals surface area contributed by atoms with E-state index >= 15 is 0 Å². The van der Waals surface area contributed by atoms with Gasteiger partial charge in [-0.05, 0) is 49.1 Å². The highest BCUT2D eigenvalue weighted by atomic mass is 32.1. The van der Waals surface area contributed by atoms with Crippen molar-refractivity contribution in [3.63, 3.8) is 0 Å². The molecule has 0 atom stereocenters. The summed E-state index contributed by atoms with van der Waals surface area (Å²) >= 11 is 1.82. The zero-order valence-electron chi connectivity index (χ0n) is 10.6. The summed E-state index contributed by atoms with van der Waals surface area (Å²) in [6, 6.07) is 2.48. The van der Waals surface area contributed by atoms with Crippen LogP contribution < -0.4 is 5.73 Å². The van der Waals surface area contributed by atoms with Gasteiger partial charge in [0.15, 0.2) is 0 Å². The SMILES string of the molecule is NC1CCC(C(=O)N2CCc3sccc3C2)CC1. The van der Waals surface area contributed by atoms with Gasteiger partial charge in [0.25, 0.3) is 0 Å². The molecule has 0 radical (unpaired) electrons. The molecule has 2 heterocycles. The van der Waals surface area contributed by atoms with Crippen LogP contribution in [0.2, 0.25) is 0 Å². The summed E-state index contributed by atoms with van der Waals surface area (Å²) in [5.74, 6) is 0.587. The summed E-state index contributed by atoms with van der Waals surface area (Å²) < 4.78 is 0. The van der Waals surface area contributed by atoms with Gasteiger partial charge in [-0.15, -0.1) is 11.3 Å². The molecular formula is C14H20N2OS. The monoisotopic (exact) mass is 264 g/mol. The summed E-state index contributed by atoms with van der Waals surface area (Å²) in [6.45, 7) is 1.72. The van der Waals surface area contributed by atoms with Gasteiger partial charge >= 0.3 is 0 Å². The molecule has 1 fully saturated rings. The zero-order chi connectivity index (χ0) is 12.5. The van der Waals surface area contributed by atoms with E-state index in [2.05, 4.69) is 16.3 Å². The van der Waals surface area contributed by atoms with Gasteiger partial charge in [-0.3, -0.25) is 4.79 Å². The first kappa shape index (κ1) is 12.2. The van der Waals surface area contributed by atoms with Gasteiger partial charge in [0.1, 0.15) is 0 Å². The lowest BCUT2D eigenvalue weighted by molar-refractivity contribution is -0.137. The third kappa shape index (κ3) is 2.31. The molecule has 0 aromatic carbocycles. The molecule has 1 aliphatic heterocycles. The first-order valence-corrected chi connectivity index (χ1v) is 7.71. The lowest BCUT2D eigenvalue weighted by atomic mass is 9.85. The van der Waals surface area contributed by atoms with Crippen LogP contribution in [-0.4, -0.2) is 23.4 Å². The van der Waals surface area contributed by atoms with E-state index in [4.69, 9.17) is 5.73 Å². The first-order chi connectivity index (χ1) is 8.74. The molecule has 3 rings (SSSR count). The van der Waals surface area contributed by atoms with Gasteiger partial charge in [0.05, 0.1) is 0 Å². The van der Waals surface area contributed by atoms with Crippen molar-refractivity contribution in [2.45, 2.75) is 44.7 Å². The molecule has 0 bridgehead atoms. The Bertz CT molecular complexity index is 435. The van der Waals surface area contributed by atoms with E-state index in [1.165, 1.54) is 10.4 Å². The number of hydrogen-bond acceptors (Lipinski definition) is 3. The van der Waals surface area contributed by atoms with Crippen LogP contribution in [0.5, 0.6) is 0 Å². The number of rotatable bonds is 1. The van der Waals surface area contributed by atoms with E-state index in [9.17, 15) is 4.79 Å². The van der Waals surface area contributed by atoms with Crippen LogP contribution in [0.3, 0.4) is 0 Å². The van der Waals surface area contributed by atoms with Crippen molar-refractivity contribution in [2.24, 2.45) is 11.7 Å². The highest BCUT2D eigenvalue weighted by Gasteiger charge is 2.30. The molecule has 3 nitrogen and oxygen atoms in total. The molecule has 0 unspecified atom stereocenters. The number of thiophene rings is 1. The standard InChI is InChI=1S/C14H20N2OS/c15-12-3-1-10(2-4-12)14(17)16-7-5-13-11(9-16)6-8-18-13/h6,8,10,12H,1-5,7,9,15H2. The molecule has 2 aliphatic rings. The number of nitrogens with zero attached hydrogens (tertiary/aromatic N) is 1. The van der Waals surface area contributed by atoms with Crippen LogP contribution >= 0.6 is 11.3 Å². The topological polar surface area (TPSA) is 46.3 Å². The fourth-order valence-electron chi connectivity index (χ4n) is 3.06. The average Bonchev–Trinajstić information content (AvgIpc) is 2.86. The Labute approximate surface area is 112 Å². The maximum absolute atomic E-state index is 12.5. The summed E-state index contributed by atoms with van der Waals surface area (Å²) in [6.07, 6.45) is 5.01. The molecule has 98 valence electrons. The van der Waals surface area contributed by atoms with Crippen LogP contribution in [-0.2, 0) is 17.8 Å². The minimum Gasteiger partial charge on any atom is -0.338 e. The van der Waals surface area contributed by atoms with Crippen molar-refractivity contribution in [2.75, 3.05) is 6.54 Å². The molecule has 0 saturated heterocycles. The quantitative estimate of drug-likeness (QED) is 0.845. The van der Waals surface area contributed by atoms with Gasteiger partial charge in [-0.1, -0.05) is 0 Å². The Morgan fingerprint density at radius 2 is 2.11 bits per heavy atom. The number of carbonyl (C=O) groups is 1. The van der Waals surface area contributed by atoms with Gasteiger partial charge in [0.2, 0.25) is 5.91 Å². The minimum atomic E-state index is 0.227. The maximum Gasteiger partial charge on any atom is 0.225 e. The van der Waals surface area contributed by atoms with Crippen LogP contribution in [0, 0.1) is 5.92 Å². The molecule has 1 aliphatic carbocycles. The summed E-state index contributed by atoms with van der Waals surface area (Å²) in [4.78, 5) is 16.0. The third-order valence-electron chi connectivity index (χ3n) is 4.24. The minimum absolute atomic E-state index is 0.227. The fourth-order valence-corrected chi connectivity index (χ4v) is 3.95. The van der Waals surface area contributed by atoms with Crippen LogP contribution in [0.15, 0.2) is 11.4 Å². The van der Waals surface area contributed by atoms with Crippen molar-refractivity contribution in [1.82, 2.24) is 4.90 Å². The Kier molecular flexibility index (Phi) is 3.39. The van der Waals surface area contributed by atoms with E-state index in [-0.39, 0.29) is 5.92 Å². The summed E-state index contributed by atoms with van der Waals surface area (Å²) in [5.41, 5.74) is 7.26. The summed E-state index contributed by atoms with van der Waals surface area (Å²) in [5, 5.41) is 2.14. The maximum atomic E-state index is 12.5. The van der Waals surface area contributed by atoms with Gasteiger partial charge in [-0.25, -0.2) is 0 Å². The van der Waals surface area contributed by atoms with E-state index < -0.39 is 0 Å². The number of fused-ring (bicyclic) bond motifs is 1. The second-order valence-electron chi connectivity index (χ2n) is 5.49. The molecule has 18 heavy (non-hydrogen) atoms. The number of amides is 1. The van der Waals surface area contributed by atoms with Crippen molar-refractivity contribution in [1.29, 1.82) is 0 Å². The normalized spacial score (nSPS) is 27.9. The number of hydrogen-bond donors (Lipinski definition) is 1. The number of carbonyl (C=O) groups excluding carboxylic acids is 1. The van der Waals surface area contributed by atoms with Gasteiger partial charge in [0, 0.05) is 29.9 Å². The van der Waals surface area contributed by atoms with Crippen molar-refractivity contribution in [3.8, 4) is 0 Å². The first-order valence-electron chi connectivity index (χ1n) is 6.83. The molecular weight excluding hydrogens is 244 g/mol. The van der Waals surface area contributed by atoms with E-state index in [0.717, 1.165) is 45.2 Å². The second kappa shape index (κ2) is 5.02. The lowest BCUT2D eigenvalue weighted by Crippen LogP contribution is -2.41. The van der Waals surface area contributed by atoms with Crippen LogP contribution in [0.1, 0.15) is 36.1 Å². The van der Waals surface area contributed by atoms with E-state index in [1.807, 2.05) is 11.3 Å². The highest BCUT2D eigenvalue weighted by molar-refractivity contribution is 7.10. The molecule has 1 saturated carbocycles. The second-order valence-corrected chi connectivity index (χ2v) is 6.49. The Morgan fingerprint density at radius 1 is 1.33 bits per heavy atom. The van der Waals surface area contributed by atoms with Crippen LogP contribution in [0.4, 0.5) is 0 Å². The summed E-state index contributed by atoms with van der Waals surface area (Å²) in [7, 11) is 0. The highest BCUT2D eigenvalue weighted by Crippen LogP contribution is 2.29. The number of nitrogens with two attached hydrogens (primary N) is 1. The molecule has 0 spiro atoms. The third-order valence-corrected chi connectivity index (χ3v) is 5.26. The van der Waals surface area contributed by atoms with Crippen LogP contribution in [0.25, 0.3) is 0 Å². The Morgan fingerprint density at radius 3 is 2.89 bits per heavy atom. The predicted octanol–water partition coefficient (Wildman–Crippen LogP) is 2.15. The van der Waals surface area contributed by atoms with Gasteiger partial charge in [-0.2, -0.15) is 0 Å². The molecule has 1 aromatic heterocycles. The molecule has 1 amide bonds. The van der Waals surface area contributed by atoms with Gasteiger partial charge < -0.3 is 10.6 Å². The van der Waals surface area contributed by atoms with Crippen molar-refractivity contribution >= 4 is 17.2 Å². The Hall–Kier alpha value is -0.870. The smallest absolute Gasteiger partial charge is 0.225 e. The van der Waals surface area contributed by atoms with Crippen molar-refractivity contribution in [3.05, 3.63) is 21.9 Å². The van der Waals surface area contributed by atoms with Crippen molar-refractivity contribution < 1.29 is 4.79 Å². The lowest BCUT2D eigenvalue weighted by Gasteiger charge is -2.33. The zero-order valence-corrected chi connectivity index (χ0v) is 11.4. The molecule has 1 aromatic rings. The van der Waals surface area contributed by atoms with E-state index in [1.54, 1.807) is 0 Å². The largest absolute Gasteiger partial charge is 0.338 e. The molecule has 2 N–H and O–H groups in total. The van der Waals surface area contributed by atoms with E-state index in [0.29, 0.717) is 11.9 Å². The fraction of sp³-hybridized carbons (Fsp3) is 0.643. The molecule has 4 heteroatoms. The predicted molar refractivity (Wildman–Crippen MR) is 73.4 cm³/mol. The Balaban J connectivity index is 1.64.